The lowest BCUT2D eigenvalue weighted by molar-refractivity contribution is 0.514. The quantitative estimate of drug-likeness (QED) is 0.690. The summed E-state index contributed by atoms with van der Waals surface area (Å²) in [6.07, 6.45) is 5.11. The second-order valence-electron chi connectivity index (χ2n) is 5.62. The normalized spacial score (nSPS) is 13.3. The molecule has 0 radical (unpaired) electrons. The predicted molar refractivity (Wildman–Crippen MR) is 102 cm³/mol. The van der Waals surface area contributed by atoms with Crippen molar-refractivity contribution in [3.05, 3.63) is 81.7 Å². The van der Waals surface area contributed by atoms with Gasteiger partial charge in [-0.3, -0.25) is 4.68 Å². The van der Waals surface area contributed by atoms with E-state index in [-0.39, 0.29) is 12.6 Å². The van der Waals surface area contributed by atoms with E-state index in [0.29, 0.717) is 0 Å². The number of nitrogens with one attached hydrogen (secondary N) is 1. The lowest BCUT2D eigenvalue weighted by Crippen LogP contribution is -2.30. The van der Waals surface area contributed by atoms with Crippen LogP contribution >= 0.6 is 11.3 Å². The Kier molecular flexibility index (Phi) is 5.47. The molecule has 0 aliphatic carbocycles. The number of hydrogen-bond acceptors (Lipinski definition) is 4. The molecule has 2 aromatic heterocycles. The fourth-order valence-corrected chi connectivity index (χ4v) is 4.00. The number of rotatable bonds is 7. The Labute approximate surface area is 151 Å². The van der Waals surface area contributed by atoms with Gasteiger partial charge in [0.15, 0.2) is 0 Å². The van der Waals surface area contributed by atoms with Gasteiger partial charge in [-0.25, -0.2) is 13.1 Å². The zero-order valence-corrected chi connectivity index (χ0v) is 15.4. The number of sulfonamides is 1. The number of benzene rings is 1. The maximum atomic E-state index is 12.3. The molecule has 2 heterocycles. The van der Waals surface area contributed by atoms with Crippen LogP contribution in [0.15, 0.2) is 65.6 Å². The Balaban J connectivity index is 1.70. The standard InChI is InChI=1S/C18H19N3O2S2/c1-15-5-7-16(8-6-15)9-13-25(22,23)20-14-17(18-4-2-12-24-18)21-11-3-10-19-21/h2-13,17,20H,14H2,1H3/b13-9+. The van der Waals surface area contributed by atoms with Crippen molar-refractivity contribution < 1.29 is 8.42 Å². The van der Waals surface area contributed by atoms with Gasteiger partial charge in [0.1, 0.15) is 0 Å². The van der Waals surface area contributed by atoms with Crippen molar-refractivity contribution in [2.75, 3.05) is 6.54 Å². The van der Waals surface area contributed by atoms with E-state index < -0.39 is 10.0 Å². The van der Waals surface area contributed by atoms with Crippen LogP contribution in [0.4, 0.5) is 0 Å². The van der Waals surface area contributed by atoms with Crippen LogP contribution in [0.3, 0.4) is 0 Å². The summed E-state index contributed by atoms with van der Waals surface area (Å²) in [5.41, 5.74) is 1.98. The number of nitrogens with zero attached hydrogens (tertiary/aromatic N) is 2. The van der Waals surface area contributed by atoms with Gasteiger partial charge in [0, 0.05) is 29.2 Å². The van der Waals surface area contributed by atoms with Gasteiger partial charge in [-0.2, -0.15) is 5.10 Å². The number of aromatic nitrogens is 2. The molecular formula is C18H19N3O2S2. The highest BCUT2D eigenvalue weighted by atomic mass is 32.2. The highest BCUT2D eigenvalue weighted by Gasteiger charge is 2.17. The van der Waals surface area contributed by atoms with Crippen LogP contribution in [0.5, 0.6) is 0 Å². The molecule has 7 heteroatoms. The third kappa shape index (κ3) is 4.88. The van der Waals surface area contributed by atoms with Crippen molar-refractivity contribution in [2.45, 2.75) is 13.0 Å². The Morgan fingerprint density at radius 2 is 2.04 bits per heavy atom. The van der Waals surface area contributed by atoms with Gasteiger partial charge in [-0.15, -0.1) is 11.3 Å². The van der Waals surface area contributed by atoms with Gasteiger partial charge >= 0.3 is 0 Å². The summed E-state index contributed by atoms with van der Waals surface area (Å²) >= 11 is 1.58. The predicted octanol–water partition coefficient (Wildman–Crippen LogP) is 3.43. The van der Waals surface area contributed by atoms with Gasteiger partial charge in [0.2, 0.25) is 10.0 Å². The molecule has 0 saturated heterocycles. The number of thiophene rings is 1. The van der Waals surface area contributed by atoms with E-state index >= 15 is 0 Å². The van der Waals surface area contributed by atoms with Crippen molar-refractivity contribution in [3.63, 3.8) is 0 Å². The molecule has 1 aromatic carbocycles. The topological polar surface area (TPSA) is 64.0 Å². The molecule has 0 bridgehead atoms. The average molecular weight is 374 g/mol. The zero-order chi connectivity index (χ0) is 17.7. The average Bonchev–Trinajstić information content (AvgIpc) is 3.29. The fraction of sp³-hybridized carbons (Fsp3) is 0.167. The molecule has 5 nitrogen and oxygen atoms in total. The maximum Gasteiger partial charge on any atom is 0.233 e. The Hall–Kier alpha value is -2.22. The molecule has 25 heavy (non-hydrogen) atoms. The van der Waals surface area contributed by atoms with Crippen molar-refractivity contribution in [1.29, 1.82) is 0 Å². The largest absolute Gasteiger partial charge is 0.263 e. The molecule has 0 aliphatic rings. The minimum absolute atomic E-state index is 0.169. The van der Waals surface area contributed by atoms with Crippen LogP contribution in [0.1, 0.15) is 22.0 Å². The van der Waals surface area contributed by atoms with Crippen LogP contribution in [-0.2, 0) is 10.0 Å². The number of aryl methyl sites for hydroxylation is 1. The molecule has 1 N–H and O–H groups in total. The van der Waals surface area contributed by atoms with Crippen molar-refractivity contribution in [2.24, 2.45) is 0 Å². The lowest BCUT2D eigenvalue weighted by atomic mass is 10.2. The van der Waals surface area contributed by atoms with E-state index in [0.717, 1.165) is 16.0 Å². The Morgan fingerprint density at radius 3 is 2.68 bits per heavy atom. The third-order valence-electron chi connectivity index (χ3n) is 3.71. The highest BCUT2D eigenvalue weighted by molar-refractivity contribution is 7.92. The van der Waals surface area contributed by atoms with Crippen LogP contribution in [0, 0.1) is 6.92 Å². The van der Waals surface area contributed by atoms with E-state index in [1.165, 1.54) is 5.41 Å². The first kappa shape index (κ1) is 17.6. The fourth-order valence-electron chi connectivity index (χ4n) is 2.36. The van der Waals surface area contributed by atoms with Crippen molar-refractivity contribution in [3.8, 4) is 0 Å². The highest BCUT2D eigenvalue weighted by Crippen LogP contribution is 2.22. The molecule has 1 unspecified atom stereocenters. The van der Waals surface area contributed by atoms with Crippen LogP contribution < -0.4 is 4.72 Å². The zero-order valence-electron chi connectivity index (χ0n) is 13.7. The van der Waals surface area contributed by atoms with Gasteiger partial charge in [-0.1, -0.05) is 35.9 Å². The SMILES string of the molecule is Cc1ccc(/C=C/S(=O)(=O)NCC(c2cccs2)n2cccn2)cc1. The van der Waals surface area contributed by atoms with E-state index in [4.69, 9.17) is 0 Å². The van der Waals surface area contributed by atoms with E-state index in [1.807, 2.05) is 61.0 Å². The maximum absolute atomic E-state index is 12.3. The van der Waals surface area contributed by atoms with E-state index in [2.05, 4.69) is 9.82 Å². The second-order valence-corrected chi connectivity index (χ2v) is 8.25. The first-order chi connectivity index (χ1) is 12.0. The van der Waals surface area contributed by atoms with Gasteiger partial charge < -0.3 is 0 Å². The molecule has 3 aromatic rings. The summed E-state index contributed by atoms with van der Waals surface area (Å²) in [5.74, 6) is 0. The molecule has 0 spiro atoms. The third-order valence-corrected chi connectivity index (χ3v) is 5.75. The summed E-state index contributed by atoms with van der Waals surface area (Å²) < 4.78 is 29.0. The smallest absolute Gasteiger partial charge is 0.233 e. The van der Waals surface area contributed by atoms with E-state index in [1.54, 1.807) is 28.3 Å². The Bertz CT molecular complexity index is 879. The summed E-state index contributed by atoms with van der Waals surface area (Å²) in [6.45, 7) is 2.23. The molecule has 0 fully saturated rings. The first-order valence-electron chi connectivity index (χ1n) is 7.80. The molecule has 0 saturated carbocycles. The second kappa shape index (κ2) is 7.77. The van der Waals surface area contributed by atoms with Gasteiger partial charge in [0.25, 0.3) is 0 Å². The molecule has 3 rings (SSSR count). The minimum atomic E-state index is -3.53. The van der Waals surface area contributed by atoms with Crippen molar-refractivity contribution in [1.82, 2.24) is 14.5 Å². The lowest BCUT2D eigenvalue weighted by Gasteiger charge is -2.16. The van der Waals surface area contributed by atoms with Crippen molar-refractivity contribution >= 4 is 27.4 Å². The van der Waals surface area contributed by atoms with E-state index in [9.17, 15) is 8.42 Å². The summed E-state index contributed by atoms with van der Waals surface area (Å²) in [4.78, 5) is 1.05. The van der Waals surface area contributed by atoms with Gasteiger partial charge in [0.05, 0.1) is 6.04 Å². The molecule has 0 amide bonds. The summed E-state index contributed by atoms with van der Waals surface area (Å²) in [7, 11) is -3.53. The molecule has 0 aliphatic heterocycles. The summed E-state index contributed by atoms with van der Waals surface area (Å²) in [6, 6.07) is 13.3. The van der Waals surface area contributed by atoms with Crippen LogP contribution in [0.25, 0.3) is 6.08 Å². The molecule has 130 valence electrons. The van der Waals surface area contributed by atoms with Crippen LogP contribution in [0.2, 0.25) is 0 Å². The minimum Gasteiger partial charge on any atom is -0.263 e. The van der Waals surface area contributed by atoms with Gasteiger partial charge in [-0.05, 0) is 36.1 Å². The molecule has 1 atom stereocenters. The summed E-state index contributed by atoms with van der Waals surface area (Å²) in [5, 5.41) is 7.42. The Morgan fingerprint density at radius 1 is 1.24 bits per heavy atom. The number of hydrogen-bond donors (Lipinski definition) is 1. The molecular weight excluding hydrogens is 354 g/mol. The monoisotopic (exact) mass is 373 g/mol. The first-order valence-corrected chi connectivity index (χ1v) is 10.2. The van der Waals surface area contributed by atoms with Crippen LogP contribution in [-0.4, -0.2) is 24.7 Å².